The molecule has 1 atom stereocenters. The van der Waals surface area contributed by atoms with Gasteiger partial charge in [-0.3, -0.25) is 0 Å². The molecule has 1 aliphatic heterocycles. The van der Waals surface area contributed by atoms with Crippen molar-refractivity contribution in [1.82, 2.24) is 5.32 Å². The third kappa shape index (κ3) is 3.24. The monoisotopic (exact) mass is 221 g/mol. The van der Waals surface area contributed by atoms with E-state index in [4.69, 9.17) is 9.47 Å². The van der Waals surface area contributed by atoms with Crippen LogP contribution >= 0.6 is 0 Å². The lowest BCUT2D eigenvalue weighted by Crippen LogP contribution is -2.28. The Labute approximate surface area is 94.6 Å². The van der Waals surface area contributed by atoms with Crippen molar-refractivity contribution in [2.45, 2.75) is 18.9 Å². The van der Waals surface area contributed by atoms with E-state index in [0.717, 1.165) is 19.4 Å². The molecule has 4 heteroatoms. The molecule has 1 fully saturated rings. The van der Waals surface area contributed by atoms with Crippen LogP contribution in [0.25, 0.3) is 0 Å². The molecule has 1 unspecified atom stereocenters. The maximum atomic E-state index is 11.3. The summed E-state index contributed by atoms with van der Waals surface area (Å²) >= 11 is 0. The number of hydrogen-bond donors (Lipinski definition) is 1. The summed E-state index contributed by atoms with van der Waals surface area (Å²) in [4.78, 5) is 11.3. The van der Waals surface area contributed by atoms with E-state index in [0.29, 0.717) is 12.4 Å². The molecular formula is C12H15NO3. The van der Waals surface area contributed by atoms with Crippen LogP contribution in [0.2, 0.25) is 0 Å². The molecule has 4 nitrogen and oxygen atoms in total. The highest BCUT2D eigenvalue weighted by Gasteiger charge is 2.16. The van der Waals surface area contributed by atoms with Crippen molar-refractivity contribution in [3.8, 4) is 5.75 Å². The topological polar surface area (TPSA) is 47.6 Å². The van der Waals surface area contributed by atoms with Gasteiger partial charge in [0.1, 0.15) is 12.4 Å². The molecule has 1 aromatic rings. The number of ether oxygens (including phenoxy) is 2. The van der Waals surface area contributed by atoms with Gasteiger partial charge >= 0.3 is 6.16 Å². The third-order valence-electron chi connectivity index (χ3n) is 2.51. The normalized spacial score (nSPS) is 19.4. The lowest BCUT2D eigenvalue weighted by atomic mass is 10.2. The SMILES string of the molecule is O=C(OCC1CCCN1)Oc1ccccc1. The zero-order valence-corrected chi connectivity index (χ0v) is 9.02. The highest BCUT2D eigenvalue weighted by molar-refractivity contribution is 5.63. The summed E-state index contributed by atoms with van der Waals surface area (Å²) < 4.78 is 9.99. The lowest BCUT2D eigenvalue weighted by Gasteiger charge is -2.10. The Hall–Kier alpha value is -1.55. The van der Waals surface area contributed by atoms with E-state index in [1.54, 1.807) is 24.3 Å². The van der Waals surface area contributed by atoms with Crippen LogP contribution in [-0.2, 0) is 4.74 Å². The molecule has 0 spiro atoms. The summed E-state index contributed by atoms with van der Waals surface area (Å²) in [6.45, 7) is 1.38. The summed E-state index contributed by atoms with van der Waals surface area (Å²) in [6, 6.07) is 9.19. The maximum absolute atomic E-state index is 11.3. The van der Waals surface area contributed by atoms with Crippen LogP contribution in [0.3, 0.4) is 0 Å². The second-order valence-electron chi connectivity index (χ2n) is 3.77. The minimum absolute atomic E-state index is 0.281. The number of nitrogens with one attached hydrogen (secondary N) is 1. The molecule has 1 aliphatic rings. The van der Waals surface area contributed by atoms with Gasteiger partial charge in [0.2, 0.25) is 0 Å². The standard InChI is InChI=1S/C12H15NO3/c14-12(15-9-10-5-4-8-13-10)16-11-6-2-1-3-7-11/h1-3,6-7,10,13H,4-5,8-9H2. The molecule has 16 heavy (non-hydrogen) atoms. The third-order valence-corrected chi connectivity index (χ3v) is 2.51. The molecule has 1 N–H and O–H groups in total. The number of rotatable bonds is 3. The average molecular weight is 221 g/mol. The van der Waals surface area contributed by atoms with E-state index in [9.17, 15) is 4.79 Å². The first-order valence-electron chi connectivity index (χ1n) is 5.47. The van der Waals surface area contributed by atoms with Crippen LogP contribution in [0.4, 0.5) is 4.79 Å². The second-order valence-corrected chi connectivity index (χ2v) is 3.77. The van der Waals surface area contributed by atoms with E-state index in [1.165, 1.54) is 0 Å². The molecule has 0 saturated carbocycles. The van der Waals surface area contributed by atoms with Gasteiger partial charge in [-0.1, -0.05) is 18.2 Å². The smallest absolute Gasteiger partial charge is 0.432 e. The van der Waals surface area contributed by atoms with Crippen LogP contribution in [0.5, 0.6) is 5.75 Å². The number of carbonyl (C=O) groups is 1. The van der Waals surface area contributed by atoms with E-state index in [1.807, 2.05) is 6.07 Å². The average Bonchev–Trinajstić information content (AvgIpc) is 2.81. The fourth-order valence-corrected chi connectivity index (χ4v) is 1.68. The summed E-state index contributed by atoms with van der Waals surface area (Å²) in [5, 5.41) is 3.24. The van der Waals surface area contributed by atoms with Crippen LogP contribution in [0.1, 0.15) is 12.8 Å². The van der Waals surface area contributed by atoms with E-state index >= 15 is 0 Å². The van der Waals surface area contributed by atoms with Crippen molar-refractivity contribution in [2.24, 2.45) is 0 Å². The van der Waals surface area contributed by atoms with E-state index < -0.39 is 6.16 Å². The van der Waals surface area contributed by atoms with Crippen LogP contribution in [-0.4, -0.2) is 25.3 Å². The first kappa shape index (κ1) is 11.0. The summed E-state index contributed by atoms with van der Waals surface area (Å²) in [5.74, 6) is 0.506. The molecule has 0 aliphatic carbocycles. The number of benzene rings is 1. The van der Waals surface area contributed by atoms with Crippen LogP contribution < -0.4 is 10.1 Å². The van der Waals surface area contributed by atoms with Gasteiger partial charge in [-0.2, -0.15) is 0 Å². The Bertz CT molecular complexity index is 333. The minimum Gasteiger partial charge on any atom is -0.432 e. The summed E-state index contributed by atoms with van der Waals surface area (Å²) in [7, 11) is 0. The zero-order valence-electron chi connectivity index (χ0n) is 9.02. The number of carbonyl (C=O) groups excluding carboxylic acids is 1. The van der Waals surface area contributed by atoms with Crippen molar-refractivity contribution in [3.05, 3.63) is 30.3 Å². The van der Waals surface area contributed by atoms with Gasteiger partial charge in [0.05, 0.1) is 0 Å². The fraction of sp³-hybridized carbons (Fsp3) is 0.417. The van der Waals surface area contributed by atoms with Crippen LogP contribution in [0, 0.1) is 0 Å². The van der Waals surface area contributed by atoms with E-state index in [2.05, 4.69) is 5.32 Å². The largest absolute Gasteiger partial charge is 0.513 e. The molecular weight excluding hydrogens is 206 g/mol. The predicted octanol–water partition coefficient (Wildman–Crippen LogP) is 1.95. The minimum atomic E-state index is -0.639. The second kappa shape index (κ2) is 5.51. The Morgan fingerprint density at radius 3 is 2.88 bits per heavy atom. The lowest BCUT2D eigenvalue weighted by molar-refractivity contribution is 0.0915. The van der Waals surface area contributed by atoms with E-state index in [-0.39, 0.29) is 6.04 Å². The molecule has 0 amide bonds. The van der Waals surface area contributed by atoms with Crippen molar-refractivity contribution < 1.29 is 14.3 Å². The first-order chi connectivity index (χ1) is 7.84. The molecule has 1 heterocycles. The van der Waals surface area contributed by atoms with Gasteiger partial charge in [-0.05, 0) is 31.5 Å². The van der Waals surface area contributed by atoms with Crippen molar-refractivity contribution in [2.75, 3.05) is 13.2 Å². The van der Waals surface area contributed by atoms with Gasteiger partial charge in [0, 0.05) is 6.04 Å². The molecule has 0 bridgehead atoms. The van der Waals surface area contributed by atoms with Crippen molar-refractivity contribution in [1.29, 1.82) is 0 Å². The highest BCUT2D eigenvalue weighted by Crippen LogP contribution is 2.10. The van der Waals surface area contributed by atoms with Gasteiger partial charge in [-0.25, -0.2) is 4.79 Å². The van der Waals surface area contributed by atoms with Crippen molar-refractivity contribution >= 4 is 6.16 Å². The first-order valence-corrected chi connectivity index (χ1v) is 5.47. The van der Waals surface area contributed by atoms with Gasteiger partial charge in [0.15, 0.2) is 0 Å². The molecule has 1 saturated heterocycles. The maximum Gasteiger partial charge on any atom is 0.513 e. The van der Waals surface area contributed by atoms with Gasteiger partial charge in [-0.15, -0.1) is 0 Å². The molecule has 1 aromatic carbocycles. The highest BCUT2D eigenvalue weighted by atomic mass is 16.7. The molecule has 0 aromatic heterocycles. The quantitative estimate of drug-likeness (QED) is 0.626. The fourth-order valence-electron chi connectivity index (χ4n) is 1.68. The van der Waals surface area contributed by atoms with Gasteiger partial charge < -0.3 is 14.8 Å². The Morgan fingerprint density at radius 2 is 2.19 bits per heavy atom. The predicted molar refractivity (Wildman–Crippen MR) is 59.4 cm³/mol. The number of hydrogen-bond acceptors (Lipinski definition) is 4. The Morgan fingerprint density at radius 1 is 1.38 bits per heavy atom. The summed E-state index contributed by atoms with van der Waals surface area (Å²) in [6.07, 6.45) is 1.56. The van der Waals surface area contributed by atoms with Gasteiger partial charge in [0.25, 0.3) is 0 Å². The van der Waals surface area contributed by atoms with Crippen LogP contribution in [0.15, 0.2) is 30.3 Å². The molecule has 86 valence electrons. The molecule has 0 radical (unpaired) electrons. The number of para-hydroxylation sites is 1. The zero-order chi connectivity index (χ0) is 11.2. The summed E-state index contributed by atoms with van der Waals surface area (Å²) in [5.41, 5.74) is 0. The Kier molecular flexibility index (Phi) is 3.77. The van der Waals surface area contributed by atoms with Crippen molar-refractivity contribution in [3.63, 3.8) is 0 Å². The molecule has 2 rings (SSSR count). The Balaban J connectivity index is 1.72.